The molecular formula is C31H25N3O3S. The van der Waals surface area contributed by atoms with Gasteiger partial charge in [0, 0.05) is 17.4 Å². The topological polar surface area (TPSA) is 59.8 Å². The minimum absolute atomic E-state index is 0.186. The van der Waals surface area contributed by atoms with Gasteiger partial charge < -0.3 is 24.1 Å². The third kappa shape index (κ3) is 4.71. The maximum absolute atomic E-state index is 6.42. The lowest BCUT2D eigenvalue weighted by Crippen LogP contribution is -2.29. The van der Waals surface area contributed by atoms with E-state index in [0.717, 1.165) is 45.7 Å². The molecule has 2 atom stereocenters. The van der Waals surface area contributed by atoms with Gasteiger partial charge in [0.1, 0.15) is 34.8 Å². The SMILES string of the molecule is COc1ccc(Oc2ccc(N3C(=S)N[C@@H](c4ccccn4)[C@@H]3c3ccc(-c4ccccc4)o3)cc2)cc1. The molecule has 6 rings (SSSR count). The van der Waals surface area contributed by atoms with Gasteiger partial charge in [-0.15, -0.1) is 0 Å². The minimum Gasteiger partial charge on any atom is -0.497 e. The first-order valence-electron chi connectivity index (χ1n) is 12.3. The minimum atomic E-state index is -0.233. The van der Waals surface area contributed by atoms with Crippen LogP contribution in [-0.2, 0) is 0 Å². The van der Waals surface area contributed by atoms with Crippen LogP contribution >= 0.6 is 12.2 Å². The van der Waals surface area contributed by atoms with Crippen LogP contribution in [-0.4, -0.2) is 17.2 Å². The molecule has 7 heteroatoms. The highest BCUT2D eigenvalue weighted by Crippen LogP contribution is 2.43. The molecule has 0 unspecified atom stereocenters. The lowest BCUT2D eigenvalue weighted by molar-refractivity contribution is 0.413. The molecule has 1 N–H and O–H groups in total. The predicted octanol–water partition coefficient (Wildman–Crippen LogP) is 7.32. The smallest absolute Gasteiger partial charge is 0.174 e. The molecule has 1 aliphatic rings. The average Bonchev–Trinajstić information content (AvgIpc) is 3.60. The Morgan fingerprint density at radius 3 is 2.16 bits per heavy atom. The van der Waals surface area contributed by atoms with Gasteiger partial charge in [-0.2, -0.15) is 0 Å². The van der Waals surface area contributed by atoms with Crippen molar-refractivity contribution < 1.29 is 13.9 Å². The van der Waals surface area contributed by atoms with Crippen LogP contribution in [0.3, 0.4) is 0 Å². The molecule has 6 nitrogen and oxygen atoms in total. The highest BCUT2D eigenvalue weighted by atomic mass is 32.1. The quantitative estimate of drug-likeness (QED) is 0.226. The van der Waals surface area contributed by atoms with Gasteiger partial charge in [-0.25, -0.2) is 0 Å². The molecule has 0 amide bonds. The fourth-order valence-corrected chi connectivity index (χ4v) is 4.99. The Bertz CT molecular complexity index is 1520. The van der Waals surface area contributed by atoms with Crippen LogP contribution in [0.5, 0.6) is 17.2 Å². The van der Waals surface area contributed by atoms with Crippen molar-refractivity contribution in [1.82, 2.24) is 10.3 Å². The summed E-state index contributed by atoms with van der Waals surface area (Å²) in [7, 11) is 1.64. The van der Waals surface area contributed by atoms with Crippen LogP contribution in [0.2, 0.25) is 0 Å². The molecule has 3 aromatic carbocycles. The van der Waals surface area contributed by atoms with Gasteiger partial charge in [0.05, 0.1) is 18.8 Å². The number of rotatable bonds is 7. The Morgan fingerprint density at radius 1 is 0.789 bits per heavy atom. The van der Waals surface area contributed by atoms with Crippen molar-refractivity contribution in [2.24, 2.45) is 0 Å². The van der Waals surface area contributed by atoms with Crippen LogP contribution < -0.4 is 19.7 Å². The van der Waals surface area contributed by atoms with E-state index in [1.54, 1.807) is 13.3 Å². The van der Waals surface area contributed by atoms with E-state index in [0.29, 0.717) is 5.11 Å². The highest BCUT2D eigenvalue weighted by Gasteiger charge is 2.42. The summed E-state index contributed by atoms with van der Waals surface area (Å²) < 4.78 is 17.7. The number of hydrogen-bond acceptors (Lipinski definition) is 5. The maximum atomic E-state index is 6.42. The fraction of sp³-hybridized carbons (Fsp3) is 0.0968. The Balaban J connectivity index is 1.32. The zero-order valence-corrected chi connectivity index (χ0v) is 21.5. The van der Waals surface area contributed by atoms with E-state index in [2.05, 4.69) is 15.2 Å². The van der Waals surface area contributed by atoms with Crippen LogP contribution in [0, 0.1) is 0 Å². The third-order valence-electron chi connectivity index (χ3n) is 6.48. The number of ether oxygens (including phenoxy) is 2. The summed E-state index contributed by atoms with van der Waals surface area (Å²) >= 11 is 5.84. The number of anilines is 1. The van der Waals surface area contributed by atoms with Gasteiger partial charge >= 0.3 is 0 Å². The molecule has 38 heavy (non-hydrogen) atoms. The summed E-state index contributed by atoms with van der Waals surface area (Å²) in [5.41, 5.74) is 2.83. The number of methoxy groups -OCH3 is 1. The van der Waals surface area contributed by atoms with Crippen molar-refractivity contribution in [2.75, 3.05) is 12.0 Å². The number of furan rings is 1. The first-order valence-corrected chi connectivity index (χ1v) is 12.7. The monoisotopic (exact) mass is 519 g/mol. The number of hydrogen-bond donors (Lipinski definition) is 1. The van der Waals surface area contributed by atoms with Crippen LogP contribution in [0.4, 0.5) is 5.69 Å². The molecule has 1 aliphatic heterocycles. The zero-order valence-electron chi connectivity index (χ0n) is 20.7. The van der Waals surface area contributed by atoms with Crippen LogP contribution in [0.15, 0.2) is 120 Å². The van der Waals surface area contributed by atoms with E-state index in [-0.39, 0.29) is 12.1 Å². The number of benzene rings is 3. The molecule has 0 radical (unpaired) electrons. The standard InChI is InChI=1S/C31H25N3O3S/c1-35-23-14-16-25(17-15-23)36-24-12-10-22(11-13-24)34-30(29(33-31(34)38)26-9-5-6-20-32-26)28-19-18-27(37-28)21-7-3-2-4-8-21/h2-20,29-30H,1H3,(H,33,38)/t29-,30-/m0/s1. The second kappa shape index (κ2) is 10.4. The lowest BCUT2D eigenvalue weighted by atomic mass is 10.0. The lowest BCUT2D eigenvalue weighted by Gasteiger charge is -2.26. The van der Waals surface area contributed by atoms with Gasteiger partial charge in [-0.05, 0) is 85.0 Å². The Hall–Kier alpha value is -4.62. The third-order valence-corrected chi connectivity index (χ3v) is 6.80. The normalized spacial score (nSPS) is 16.8. The van der Waals surface area contributed by atoms with E-state index in [1.807, 2.05) is 109 Å². The van der Waals surface area contributed by atoms with E-state index >= 15 is 0 Å². The van der Waals surface area contributed by atoms with Crippen LogP contribution in [0.25, 0.3) is 11.3 Å². The summed E-state index contributed by atoms with van der Waals surface area (Å²) in [6.07, 6.45) is 1.79. The van der Waals surface area contributed by atoms with E-state index in [1.165, 1.54) is 0 Å². The van der Waals surface area contributed by atoms with Crippen molar-refractivity contribution in [3.8, 4) is 28.6 Å². The first-order chi connectivity index (χ1) is 18.7. The summed E-state index contributed by atoms with van der Waals surface area (Å²) in [5.74, 6) is 3.84. The zero-order chi connectivity index (χ0) is 25.9. The van der Waals surface area contributed by atoms with E-state index < -0.39 is 0 Å². The maximum Gasteiger partial charge on any atom is 0.174 e. The molecule has 1 fully saturated rings. The van der Waals surface area contributed by atoms with Crippen molar-refractivity contribution in [3.63, 3.8) is 0 Å². The van der Waals surface area contributed by atoms with Crippen LogP contribution in [0.1, 0.15) is 23.5 Å². The molecule has 1 saturated heterocycles. The molecule has 2 aromatic heterocycles. The molecule has 0 aliphatic carbocycles. The summed E-state index contributed by atoms with van der Waals surface area (Å²) in [6, 6.07) is 34.9. The fourth-order valence-electron chi connectivity index (χ4n) is 4.65. The predicted molar refractivity (Wildman–Crippen MR) is 152 cm³/mol. The molecule has 188 valence electrons. The average molecular weight is 520 g/mol. The second-order valence-corrected chi connectivity index (χ2v) is 9.22. The largest absolute Gasteiger partial charge is 0.497 e. The van der Waals surface area contributed by atoms with Gasteiger partial charge in [-0.3, -0.25) is 4.98 Å². The number of thiocarbonyl (C=S) groups is 1. The number of pyridine rings is 1. The number of nitrogens with one attached hydrogen (secondary N) is 1. The molecular weight excluding hydrogens is 494 g/mol. The van der Waals surface area contributed by atoms with Gasteiger partial charge in [-0.1, -0.05) is 36.4 Å². The Labute approximate surface area is 226 Å². The van der Waals surface area contributed by atoms with E-state index in [4.69, 9.17) is 26.1 Å². The number of nitrogens with zero attached hydrogens (tertiary/aromatic N) is 2. The Kier molecular flexibility index (Phi) is 6.50. The van der Waals surface area contributed by atoms with Gasteiger partial charge in [0.25, 0.3) is 0 Å². The van der Waals surface area contributed by atoms with Crippen molar-refractivity contribution >= 4 is 23.0 Å². The van der Waals surface area contributed by atoms with E-state index in [9.17, 15) is 0 Å². The Morgan fingerprint density at radius 2 is 1.47 bits per heavy atom. The summed E-state index contributed by atoms with van der Waals surface area (Å²) in [4.78, 5) is 6.70. The summed E-state index contributed by atoms with van der Waals surface area (Å²) in [6.45, 7) is 0. The first kappa shape index (κ1) is 23.8. The number of aromatic nitrogens is 1. The molecule has 3 heterocycles. The summed E-state index contributed by atoms with van der Waals surface area (Å²) in [5, 5.41) is 4.08. The highest BCUT2D eigenvalue weighted by molar-refractivity contribution is 7.80. The van der Waals surface area contributed by atoms with Gasteiger partial charge in [0.2, 0.25) is 0 Å². The van der Waals surface area contributed by atoms with Crippen molar-refractivity contribution in [1.29, 1.82) is 0 Å². The van der Waals surface area contributed by atoms with Gasteiger partial charge in [0.15, 0.2) is 5.11 Å². The molecule has 0 bridgehead atoms. The second-order valence-electron chi connectivity index (χ2n) is 8.84. The van der Waals surface area contributed by atoms with Crippen molar-refractivity contribution in [3.05, 3.63) is 127 Å². The molecule has 5 aromatic rings. The molecule has 0 spiro atoms. The van der Waals surface area contributed by atoms with Crippen molar-refractivity contribution in [2.45, 2.75) is 12.1 Å². The molecule has 0 saturated carbocycles.